The Hall–Kier alpha value is -0.970. The van der Waals surface area contributed by atoms with Crippen molar-refractivity contribution in [2.24, 2.45) is 0 Å². The van der Waals surface area contributed by atoms with E-state index in [0.29, 0.717) is 3.79 Å². The Morgan fingerprint density at radius 3 is 2.86 bits per heavy atom. The van der Waals surface area contributed by atoms with Crippen molar-refractivity contribution in [3.8, 4) is 0 Å². The van der Waals surface area contributed by atoms with Gasteiger partial charge in [0.2, 0.25) is 15.9 Å². The maximum absolute atomic E-state index is 12.7. The van der Waals surface area contributed by atoms with Crippen LogP contribution < -0.4 is 5.32 Å². The molecular formula is C11H13BrN2O5S2. The molecule has 1 aromatic rings. The highest BCUT2D eigenvalue weighted by Gasteiger charge is 2.37. The van der Waals surface area contributed by atoms with Crippen molar-refractivity contribution in [1.82, 2.24) is 9.62 Å². The minimum absolute atomic E-state index is 0.0329. The zero-order valence-electron chi connectivity index (χ0n) is 11.3. The number of methoxy groups -OCH3 is 1. The molecule has 1 N–H and O–H groups in total. The fourth-order valence-electron chi connectivity index (χ4n) is 1.95. The molecule has 1 amide bonds. The van der Waals surface area contributed by atoms with Crippen molar-refractivity contribution in [3.05, 3.63) is 14.7 Å². The minimum Gasteiger partial charge on any atom is -0.465 e. The third-order valence-electron chi connectivity index (χ3n) is 3.07. The maximum atomic E-state index is 12.7. The molecule has 0 aliphatic carbocycles. The van der Waals surface area contributed by atoms with Gasteiger partial charge in [-0.1, -0.05) is 0 Å². The lowest BCUT2D eigenvalue weighted by Gasteiger charge is -2.31. The Kier molecular flexibility index (Phi) is 4.71. The van der Waals surface area contributed by atoms with E-state index in [9.17, 15) is 18.0 Å². The van der Waals surface area contributed by atoms with Crippen LogP contribution in [0.5, 0.6) is 0 Å². The van der Waals surface area contributed by atoms with E-state index in [1.807, 2.05) is 0 Å². The van der Waals surface area contributed by atoms with Crippen molar-refractivity contribution in [2.45, 2.75) is 17.9 Å². The molecule has 1 aromatic heterocycles. The lowest BCUT2D eigenvalue weighted by atomic mass is 10.2. The summed E-state index contributed by atoms with van der Waals surface area (Å²) >= 11 is 4.13. The van der Waals surface area contributed by atoms with Crippen LogP contribution in [0.1, 0.15) is 16.6 Å². The second kappa shape index (κ2) is 6.03. The van der Waals surface area contributed by atoms with Crippen LogP contribution in [0.25, 0.3) is 0 Å². The normalized spacial score (nSPS) is 20.1. The number of esters is 1. The smallest absolute Gasteiger partial charge is 0.348 e. The lowest BCUT2D eigenvalue weighted by Crippen LogP contribution is -2.55. The molecule has 1 fully saturated rings. The quantitative estimate of drug-likeness (QED) is 0.762. The number of thiophene rings is 1. The van der Waals surface area contributed by atoms with E-state index in [0.717, 1.165) is 15.6 Å². The second-order valence-electron chi connectivity index (χ2n) is 4.32. The predicted octanol–water partition coefficient (Wildman–Crippen LogP) is 0.806. The van der Waals surface area contributed by atoms with Gasteiger partial charge >= 0.3 is 5.97 Å². The zero-order valence-corrected chi connectivity index (χ0v) is 14.5. The zero-order chi connectivity index (χ0) is 15.8. The molecule has 116 valence electrons. The standard InChI is InChI=1S/C11H13BrN2O5S2/c1-6-10(15)13-3-4-14(6)21(17,18)8-5-7(11(16)19-2)20-9(8)12/h5-6H,3-4H2,1-2H3,(H,13,15). The predicted molar refractivity (Wildman–Crippen MR) is 79.7 cm³/mol. The Morgan fingerprint density at radius 2 is 2.24 bits per heavy atom. The summed E-state index contributed by atoms with van der Waals surface area (Å²) in [5.74, 6) is -0.948. The van der Waals surface area contributed by atoms with Gasteiger partial charge in [-0.2, -0.15) is 4.31 Å². The third-order valence-corrected chi connectivity index (χ3v) is 7.27. The van der Waals surface area contributed by atoms with Gasteiger partial charge < -0.3 is 10.1 Å². The number of sulfonamides is 1. The minimum atomic E-state index is -3.87. The molecule has 0 radical (unpaired) electrons. The molecule has 7 nitrogen and oxygen atoms in total. The Morgan fingerprint density at radius 1 is 1.57 bits per heavy atom. The number of nitrogens with zero attached hydrogens (tertiary/aromatic N) is 1. The third kappa shape index (κ3) is 2.98. The summed E-state index contributed by atoms with van der Waals surface area (Å²) in [6, 6.07) is 0.465. The van der Waals surface area contributed by atoms with Crippen molar-refractivity contribution in [2.75, 3.05) is 20.2 Å². The van der Waals surface area contributed by atoms with Gasteiger partial charge in [-0.15, -0.1) is 11.3 Å². The summed E-state index contributed by atoms with van der Waals surface area (Å²) in [5.41, 5.74) is 0. The van der Waals surface area contributed by atoms with E-state index in [1.165, 1.54) is 20.1 Å². The maximum Gasteiger partial charge on any atom is 0.348 e. The molecule has 10 heteroatoms. The number of piperazine rings is 1. The van der Waals surface area contributed by atoms with Gasteiger partial charge in [0.1, 0.15) is 15.8 Å². The van der Waals surface area contributed by atoms with Gasteiger partial charge in [-0.05, 0) is 28.9 Å². The largest absolute Gasteiger partial charge is 0.465 e. The van der Waals surface area contributed by atoms with E-state index in [4.69, 9.17) is 0 Å². The summed E-state index contributed by atoms with van der Waals surface area (Å²) in [5, 5.41) is 2.60. The first-order chi connectivity index (χ1) is 9.78. The highest BCUT2D eigenvalue weighted by molar-refractivity contribution is 9.11. The second-order valence-corrected chi connectivity index (χ2v) is 8.55. The van der Waals surface area contributed by atoms with Crippen LogP contribution in [-0.2, 0) is 19.6 Å². The van der Waals surface area contributed by atoms with Gasteiger partial charge in [0, 0.05) is 13.1 Å². The topological polar surface area (TPSA) is 92.8 Å². The summed E-state index contributed by atoms with van der Waals surface area (Å²) in [4.78, 5) is 23.3. The van der Waals surface area contributed by atoms with Gasteiger partial charge in [0.05, 0.1) is 10.9 Å². The molecule has 0 bridgehead atoms. The van der Waals surface area contributed by atoms with E-state index >= 15 is 0 Å². The van der Waals surface area contributed by atoms with E-state index < -0.39 is 22.0 Å². The summed E-state index contributed by atoms with van der Waals surface area (Å²) in [6.45, 7) is 1.96. The fraction of sp³-hybridized carbons (Fsp3) is 0.455. The van der Waals surface area contributed by atoms with Crippen molar-refractivity contribution in [1.29, 1.82) is 0 Å². The Balaban J connectivity index is 2.42. The first kappa shape index (κ1) is 16.4. The average molecular weight is 397 g/mol. The van der Waals surface area contributed by atoms with E-state index in [2.05, 4.69) is 26.0 Å². The summed E-state index contributed by atoms with van der Waals surface area (Å²) in [6.07, 6.45) is 0. The van der Waals surface area contributed by atoms with Crippen molar-refractivity contribution < 1.29 is 22.7 Å². The van der Waals surface area contributed by atoms with E-state index in [-0.39, 0.29) is 28.8 Å². The number of ether oxygens (including phenoxy) is 1. The number of amides is 1. The van der Waals surface area contributed by atoms with Gasteiger partial charge in [0.25, 0.3) is 0 Å². The molecule has 1 unspecified atom stereocenters. The molecule has 1 saturated heterocycles. The summed E-state index contributed by atoms with van der Waals surface area (Å²) in [7, 11) is -2.64. The highest BCUT2D eigenvalue weighted by Crippen LogP contribution is 2.34. The monoisotopic (exact) mass is 396 g/mol. The number of carbonyl (C=O) groups is 2. The summed E-state index contributed by atoms with van der Waals surface area (Å²) < 4.78 is 31.3. The SMILES string of the molecule is COC(=O)c1cc(S(=O)(=O)N2CCNC(=O)C2C)c(Br)s1. The number of rotatable bonds is 3. The number of nitrogens with one attached hydrogen (secondary N) is 1. The van der Waals surface area contributed by atoms with Crippen molar-refractivity contribution >= 4 is 49.2 Å². The van der Waals surface area contributed by atoms with Gasteiger partial charge in [0.15, 0.2) is 0 Å². The number of hydrogen-bond acceptors (Lipinski definition) is 6. The molecule has 0 aromatic carbocycles. The molecule has 2 heterocycles. The number of carbonyl (C=O) groups excluding carboxylic acids is 2. The van der Waals surface area contributed by atoms with Crippen molar-refractivity contribution in [3.63, 3.8) is 0 Å². The van der Waals surface area contributed by atoms with E-state index in [1.54, 1.807) is 0 Å². The number of halogens is 1. The van der Waals surface area contributed by atoms with Crippen LogP contribution in [0.15, 0.2) is 14.7 Å². The first-order valence-electron chi connectivity index (χ1n) is 5.96. The molecule has 1 aliphatic heterocycles. The number of hydrogen-bond donors (Lipinski definition) is 1. The fourth-order valence-corrected chi connectivity index (χ4v) is 5.97. The Labute approximate surface area is 134 Å². The molecule has 0 saturated carbocycles. The van der Waals surface area contributed by atoms with Crippen LogP contribution in [0.3, 0.4) is 0 Å². The van der Waals surface area contributed by atoms with Crippen LogP contribution in [-0.4, -0.2) is 50.8 Å². The molecule has 1 aliphatic rings. The average Bonchev–Trinajstić information content (AvgIpc) is 2.83. The van der Waals surface area contributed by atoms with Crippen LogP contribution in [0.2, 0.25) is 0 Å². The Bertz CT molecular complexity index is 685. The van der Waals surface area contributed by atoms with Crippen LogP contribution in [0.4, 0.5) is 0 Å². The van der Waals surface area contributed by atoms with Gasteiger partial charge in [-0.25, -0.2) is 13.2 Å². The lowest BCUT2D eigenvalue weighted by molar-refractivity contribution is -0.126. The first-order valence-corrected chi connectivity index (χ1v) is 9.01. The molecule has 21 heavy (non-hydrogen) atoms. The molecule has 1 atom stereocenters. The highest BCUT2D eigenvalue weighted by atomic mass is 79.9. The molecule has 0 spiro atoms. The molecule has 2 rings (SSSR count). The molecular weight excluding hydrogens is 384 g/mol. The van der Waals surface area contributed by atoms with Crippen LogP contribution >= 0.6 is 27.3 Å². The van der Waals surface area contributed by atoms with Crippen LogP contribution in [0, 0.1) is 0 Å². The van der Waals surface area contributed by atoms with Gasteiger partial charge in [-0.3, -0.25) is 4.79 Å².